The number of ether oxygens (including phenoxy) is 1. The monoisotopic (exact) mass is 366 g/mol. The lowest BCUT2D eigenvalue weighted by Crippen LogP contribution is -1.99. The van der Waals surface area contributed by atoms with Crippen molar-refractivity contribution in [3.05, 3.63) is 42.1 Å². The number of aromatic nitrogens is 2. The van der Waals surface area contributed by atoms with E-state index in [4.69, 9.17) is 9.15 Å². The van der Waals surface area contributed by atoms with Crippen LogP contribution in [-0.2, 0) is 0 Å². The van der Waals surface area contributed by atoms with Crippen LogP contribution in [0.4, 0.5) is 0 Å². The molecule has 0 N–H and O–H groups in total. The van der Waals surface area contributed by atoms with Crippen molar-refractivity contribution >= 4 is 16.9 Å². The average Bonchev–Trinajstić information content (AvgIpc) is 3.11. The van der Waals surface area contributed by atoms with Crippen LogP contribution in [0, 0.1) is 0 Å². The van der Waals surface area contributed by atoms with E-state index < -0.39 is 0 Å². The van der Waals surface area contributed by atoms with Gasteiger partial charge in [-0.25, -0.2) is 9.97 Å². The average molecular weight is 366 g/mol. The van der Waals surface area contributed by atoms with E-state index in [1.165, 1.54) is 39.0 Å². The van der Waals surface area contributed by atoms with Gasteiger partial charge < -0.3 is 9.15 Å². The quantitative estimate of drug-likeness (QED) is 0.333. The minimum absolute atomic E-state index is 0.00924. The van der Waals surface area contributed by atoms with Gasteiger partial charge in [0.25, 0.3) is 0 Å². The fourth-order valence-corrected chi connectivity index (χ4v) is 2.92. The van der Waals surface area contributed by atoms with E-state index in [-0.39, 0.29) is 5.78 Å². The number of carbonyl (C=O) groups is 1. The topological polar surface area (TPSA) is 65.2 Å². The molecule has 0 aliphatic heterocycles. The van der Waals surface area contributed by atoms with Crippen molar-refractivity contribution < 1.29 is 13.9 Å². The summed E-state index contributed by atoms with van der Waals surface area (Å²) in [7, 11) is 0. The highest BCUT2D eigenvalue weighted by Crippen LogP contribution is 2.25. The van der Waals surface area contributed by atoms with Crippen LogP contribution in [0.15, 0.2) is 40.9 Å². The number of Topliss-reactive ketones (excluding diaryl/α,β-unsaturated/α-hetero) is 1. The van der Waals surface area contributed by atoms with Crippen LogP contribution < -0.4 is 4.74 Å². The van der Waals surface area contributed by atoms with E-state index in [0.717, 1.165) is 12.0 Å². The summed E-state index contributed by atoms with van der Waals surface area (Å²) in [6.07, 6.45) is 9.11. The smallest absolute Gasteiger partial charge is 0.228 e. The predicted octanol–water partition coefficient (Wildman–Crippen LogP) is 5.83. The molecule has 0 unspecified atom stereocenters. The SMILES string of the molecule is CCCCCCCCOc1ccc(-c2nc3cc(C(C)=O)ccc3o2)cn1. The van der Waals surface area contributed by atoms with Gasteiger partial charge in [0, 0.05) is 17.8 Å². The standard InChI is InChI=1S/C22H26N2O3/c1-3-4-5-6-7-8-13-26-21-12-10-18(15-23-21)22-24-19-14-17(16(2)25)9-11-20(19)27-22/h9-12,14-15H,3-8,13H2,1-2H3. The van der Waals surface area contributed by atoms with Crippen LogP contribution in [0.1, 0.15) is 62.7 Å². The second-order valence-corrected chi connectivity index (χ2v) is 6.76. The molecule has 0 aliphatic rings. The molecule has 0 radical (unpaired) electrons. The maximum absolute atomic E-state index is 11.5. The summed E-state index contributed by atoms with van der Waals surface area (Å²) < 4.78 is 11.5. The summed E-state index contributed by atoms with van der Waals surface area (Å²) in [5.74, 6) is 1.11. The molecule has 3 rings (SSSR count). The molecule has 2 aromatic heterocycles. The van der Waals surface area contributed by atoms with Gasteiger partial charge in [0.05, 0.1) is 12.2 Å². The molecular formula is C22H26N2O3. The first-order valence-electron chi connectivity index (χ1n) is 9.68. The molecule has 0 spiro atoms. The van der Waals surface area contributed by atoms with Crippen molar-refractivity contribution in [3.8, 4) is 17.3 Å². The van der Waals surface area contributed by atoms with Crippen LogP contribution in [0.2, 0.25) is 0 Å². The summed E-state index contributed by atoms with van der Waals surface area (Å²) in [5, 5.41) is 0. The van der Waals surface area contributed by atoms with Gasteiger partial charge in [-0.1, -0.05) is 39.0 Å². The first-order valence-corrected chi connectivity index (χ1v) is 9.68. The Kier molecular flexibility index (Phi) is 6.58. The van der Waals surface area contributed by atoms with Crippen molar-refractivity contribution in [1.29, 1.82) is 0 Å². The lowest BCUT2D eigenvalue weighted by molar-refractivity contribution is 0.101. The van der Waals surface area contributed by atoms with Crippen molar-refractivity contribution in [2.75, 3.05) is 6.61 Å². The van der Waals surface area contributed by atoms with Crippen LogP contribution in [-0.4, -0.2) is 22.4 Å². The summed E-state index contributed by atoms with van der Waals surface area (Å²) in [5.41, 5.74) is 2.72. The zero-order chi connectivity index (χ0) is 19.1. The highest BCUT2D eigenvalue weighted by Gasteiger charge is 2.11. The second kappa shape index (κ2) is 9.31. The number of pyridine rings is 1. The first kappa shape index (κ1) is 19.1. The summed E-state index contributed by atoms with van der Waals surface area (Å²) in [4.78, 5) is 20.3. The molecule has 0 saturated heterocycles. The molecular weight excluding hydrogens is 340 g/mol. The lowest BCUT2D eigenvalue weighted by Gasteiger charge is -2.05. The third-order valence-electron chi connectivity index (χ3n) is 4.53. The minimum Gasteiger partial charge on any atom is -0.478 e. The van der Waals surface area contributed by atoms with E-state index in [1.54, 1.807) is 24.4 Å². The fraction of sp³-hybridized carbons (Fsp3) is 0.409. The maximum atomic E-state index is 11.5. The Bertz CT molecular complexity index is 884. The fourth-order valence-electron chi connectivity index (χ4n) is 2.92. The van der Waals surface area contributed by atoms with Crippen LogP contribution in [0.25, 0.3) is 22.6 Å². The van der Waals surface area contributed by atoms with Crippen molar-refractivity contribution in [1.82, 2.24) is 9.97 Å². The van der Waals surface area contributed by atoms with Gasteiger partial charge in [0.15, 0.2) is 11.4 Å². The van der Waals surface area contributed by atoms with E-state index in [0.29, 0.717) is 35.0 Å². The Morgan fingerprint density at radius 1 is 1.07 bits per heavy atom. The normalized spacial score (nSPS) is 11.0. The number of nitrogens with zero attached hydrogens (tertiary/aromatic N) is 2. The van der Waals surface area contributed by atoms with Crippen molar-refractivity contribution in [3.63, 3.8) is 0 Å². The molecule has 0 saturated carbocycles. The zero-order valence-electron chi connectivity index (χ0n) is 16.0. The Morgan fingerprint density at radius 2 is 1.89 bits per heavy atom. The van der Waals surface area contributed by atoms with Gasteiger partial charge in [0.1, 0.15) is 5.52 Å². The minimum atomic E-state index is 0.00924. The van der Waals surface area contributed by atoms with Crippen LogP contribution in [0.3, 0.4) is 0 Å². The highest BCUT2D eigenvalue weighted by molar-refractivity contribution is 5.97. The molecule has 142 valence electrons. The number of oxazole rings is 1. The molecule has 0 bridgehead atoms. The maximum Gasteiger partial charge on any atom is 0.228 e. The van der Waals surface area contributed by atoms with Gasteiger partial charge in [0.2, 0.25) is 11.8 Å². The largest absolute Gasteiger partial charge is 0.478 e. The van der Waals surface area contributed by atoms with E-state index >= 15 is 0 Å². The molecule has 0 amide bonds. The molecule has 3 aromatic rings. The second-order valence-electron chi connectivity index (χ2n) is 6.76. The zero-order valence-corrected chi connectivity index (χ0v) is 16.0. The Hall–Kier alpha value is -2.69. The van der Waals surface area contributed by atoms with Gasteiger partial charge in [-0.2, -0.15) is 0 Å². The van der Waals surface area contributed by atoms with Crippen molar-refractivity contribution in [2.24, 2.45) is 0 Å². The molecule has 5 nitrogen and oxygen atoms in total. The van der Waals surface area contributed by atoms with Gasteiger partial charge in [-0.05, 0) is 37.6 Å². The molecule has 5 heteroatoms. The number of hydrogen-bond acceptors (Lipinski definition) is 5. The first-order chi connectivity index (χ1) is 13.2. The third-order valence-corrected chi connectivity index (χ3v) is 4.53. The van der Waals surface area contributed by atoms with E-state index in [9.17, 15) is 4.79 Å². The number of unbranched alkanes of at least 4 members (excludes halogenated alkanes) is 5. The lowest BCUT2D eigenvalue weighted by atomic mass is 10.1. The Morgan fingerprint density at radius 3 is 2.63 bits per heavy atom. The van der Waals surface area contributed by atoms with Gasteiger partial charge in [-0.15, -0.1) is 0 Å². The number of benzene rings is 1. The van der Waals surface area contributed by atoms with Crippen LogP contribution in [0.5, 0.6) is 5.88 Å². The predicted molar refractivity (Wildman–Crippen MR) is 106 cm³/mol. The van der Waals surface area contributed by atoms with Crippen LogP contribution >= 0.6 is 0 Å². The number of fused-ring (bicyclic) bond motifs is 1. The van der Waals surface area contributed by atoms with Gasteiger partial charge >= 0.3 is 0 Å². The molecule has 0 atom stereocenters. The molecule has 1 aromatic carbocycles. The Labute approximate surface area is 159 Å². The van der Waals surface area contributed by atoms with Crippen molar-refractivity contribution in [2.45, 2.75) is 52.4 Å². The molecule has 2 heterocycles. The summed E-state index contributed by atoms with van der Waals surface area (Å²) in [6, 6.07) is 8.99. The van der Waals surface area contributed by atoms with E-state index in [1.807, 2.05) is 12.1 Å². The highest BCUT2D eigenvalue weighted by atomic mass is 16.5. The van der Waals surface area contributed by atoms with Gasteiger partial charge in [-0.3, -0.25) is 4.79 Å². The molecule has 0 fully saturated rings. The summed E-state index contributed by atoms with van der Waals surface area (Å²) >= 11 is 0. The van der Waals surface area contributed by atoms with E-state index in [2.05, 4.69) is 16.9 Å². The number of carbonyl (C=O) groups excluding carboxylic acids is 1. The summed E-state index contributed by atoms with van der Waals surface area (Å²) in [6.45, 7) is 4.45. The number of ketones is 1. The molecule has 0 aliphatic carbocycles. The third kappa shape index (κ3) is 5.16. The number of rotatable bonds is 10. The Balaban J connectivity index is 1.57. The molecule has 27 heavy (non-hydrogen) atoms. The number of hydrogen-bond donors (Lipinski definition) is 0.